The lowest BCUT2D eigenvalue weighted by Gasteiger charge is -2.20. The summed E-state index contributed by atoms with van der Waals surface area (Å²) in [5, 5.41) is 6.13. The van der Waals surface area contributed by atoms with Gasteiger partial charge in [0.15, 0.2) is 0 Å². The zero-order valence-corrected chi connectivity index (χ0v) is 12.3. The highest BCUT2D eigenvalue weighted by atomic mass is 16.5. The summed E-state index contributed by atoms with van der Waals surface area (Å²) in [6.45, 7) is 2.99. The summed E-state index contributed by atoms with van der Waals surface area (Å²) in [5.74, 6) is -0.350. The van der Waals surface area contributed by atoms with E-state index in [2.05, 4.69) is 10.6 Å². The van der Waals surface area contributed by atoms with Crippen LogP contribution in [0.4, 0.5) is 0 Å². The first kappa shape index (κ1) is 15.5. The second kappa shape index (κ2) is 7.78. The zero-order chi connectivity index (χ0) is 15.1. The van der Waals surface area contributed by atoms with Gasteiger partial charge in [-0.05, 0) is 31.9 Å². The van der Waals surface area contributed by atoms with Crippen molar-refractivity contribution in [1.82, 2.24) is 10.6 Å². The predicted molar refractivity (Wildman–Crippen MR) is 79.6 cm³/mol. The van der Waals surface area contributed by atoms with E-state index in [9.17, 15) is 9.59 Å². The van der Waals surface area contributed by atoms with E-state index in [0.29, 0.717) is 6.61 Å². The molecule has 114 valence electrons. The quantitative estimate of drug-likeness (QED) is 0.780. The van der Waals surface area contributed by atoms with Crippen molar-refractivity contribution < 1.29 is 14.3 Å². The molecule has 0 bridgehead atoms. The highest BCUT2D eigenvalue weighted by molar-refractivity contribution is 5.83. The molecule has 0 spiro atoms. The van der Waals surface area contributed by atoms with Crippen LogP contribution in [-0.2, 0) is 14.3 Å². The molecule has 1 amide bonds. The Kier molecular flexibility index (Phi) is 5.75. The van der Waals surface area contributed by atoms with Gasteiger partial charge in [-0.15, -0.1) is 0 Å². The summed E-state index contributed by atoms with van der Waals surface area (Å²) >= 11 is 0. The van der Waals surface area contributed by atoms with Crippen LogP contribution < -0.4 is 10.6 Å². The Morgan fingerprint density at radius 1 is 1.38 bits per heavy atom. The summed E-state index contributed by atoms with van der Waals surface area (Å²) in [4.78, 5) is 24.0. The van der Waals surface area contributed by atoms with Gasteiger partial charge >= 0.3 is 5.97 Å². The van der Waals surface area contributed by atoms with Gasteiger partial charge in [-0.25, -0.2) is 0 Å². The number of nitrogens with one attached hydrogen (secondary N) is 2. The second-order valence-corrected chi connectivity index (χ2v) is 5.13. The van der Waals surface area contributed by atoms with Gasteiger partial charge in [-0.1, -0.05) is 30.3 Å². The number of ether oxygens (including phenoxy) is 1. The second-order valence-electron chi connectivity index (χ2n) is 5.13. The number of benzene rings is 1. The number of hydrogen-bond donors (Lipinski definition) is 2. The van der Waals surface area contributed by atoms with Crippen molar-refractivity contribution in [2.75, 3.05) is 13.2 Å². The van der Waals surface area contributed by atoms with Crippen LogP contribution >= 0.6 is 0 Å². The van der Waals surface area contributed by atoms with Gasteiger partial charge < -0.3 is 15.4 Å². The molecule has 1 aromatic rings. The van der Waals surface area contributed by atoms with Gasteiger partial charge in [0, 0.05) is 0 Å². The minimum Gasteiger partial charge on any atom is -0.466 e. The Bertz CT molecular complexity index is 470. The van der Waals surface area contributed by atoms with Crippen LogP contribution in [0.5, 0.6) is 0 Å². The molecule has 2 rings (SSSR count). The Hall–Kier alpha value is -1.88. The molecule has 2 N–H and O–H groups in total. The summed E-state index contributed by atoms with van der Waals surface area (Å²) in [6, 6.07) is 9.02. The van der Waals surface area contributed by atoms with Crippen LogP contribution in [-0.4, -0.2) is 31.1 Å². The van der Waals surface area contributed by atoms with Crippen LogP contribution in [0.1, 0.15) is 37.8 Å². The molecule has 0 saturated carbocycles. The van der Waals surface area contributed by atoms with E-state index in [1.165, 1.54) is 0 Å². The standard InChI is InChI=1S/C16H22N2O3/c1-2-21-15(19)11-14(12-7-4-3-5-8-12)18-16(20)13-9-6-10-17-13/h3-5,7-8,13-14,17H,2,6,9-11H2,1H3,(H,18,20)/t13-,14-/m1/s1. The molecule has 21 heavy (non-hydrogen) atoms. The van der Waals surface area contributed by atoms with Crippen LogP contribution in [0.15, 0.2) is 30.3 Å². The lowest BCUT2D eigenvalue weighted by Crippen LogP contribution is -2.42. The van der Waals surface area contributed by atoms with Crippen LogP contribution in [0.25, 0.3) is 0 Å². The number of hydrogen-bond acceptors (Lipinski definition) is 4. The predicted octanol–water partition coefficient (Wildman–Crippen LogP) is 1.55. The largest absolute Gasteiger partial charge is 0.466 e. The van der Waals surface area contributed by atoms with E-state index in [-0.39, 0.29) is 30.4 Å². The number of esters is 1. The van der Waals surface area contributed by atoms with Crippen molar-refractivity contribution in [1.29, 1.82) is 0 Å². The molecule has 5 nitrogen and oxygen atoms in total. The Labute approximate surface area is 125 Å². The van der Waals surface area contributed by atoms with Crippen molar-refractivity contribution in [3.63, 3.8) is 0 Å². The Morgan fingerprint density at radius 2 is 2.14 bits per heavy atom. The highest BCUT2D eigenvalue weighted by Crippen LogP contribution is 2.18. The Morgan fingerprint density at radius 3 is 2.76 bits per heavy atom. The van der Waals surface area contributed by atoms with Crippen molar-refractivity contribution in [2.24, 2.45) is 0 Å². The molecule has 1 heterocycles. The molecule has 1 aromatic carbocycles. The summed E-state index contributed by atoms with van der Waals surface area (Å²) < 4.78 is 5.00. The molecule has 1 saturated heterocycles. The molecule has 0 unspecified atom stereocenters. The maximum atomic E-state index is 12.2. The molecule has 0 aromatic heterocycles. The molecular weight excluding hydrogens is 268 g/mol. The van der Waals surface area contributed by atoms with Crippen molar-refractivity contribution >= 4 is 11.9 Å². The van der Waals surface area contributed by atoms with Crippen molar-refractivity contribution in [3.05, 3.63) is 35.9 Å². The Balaban J connectivity index is 2.04. The fraction of sp³-hybridized carbons (Fsp3) is 0.500. The first-order valence-corrected chi connectivity index (χ1v) is 7.45. The molecule has 1 aliphatic heterocycles. The number of carbonyl (C=O) groups is 2. The van der Waals surface area contributed by atoms with E-state index in [4.69, 9.17) is 4.74 Å². The number of carbonyl (C=O) groups excluding carboxylic acids is 2. The van der Waals surface area contributed by atoms with Gasteiger partial charge in [-0.3, -0.25) is 9.59 Å². The monoisotopic (exact) mass is 290 g/mol. The molecular formula is C16H22N2O3. The minimum atomic E-state index is -0.347. The van der Waals surface area contributed by atoms with E-state index in [1.807, 2.05) is 30.3 Å². The third kappa shape index (κ3) is 4.56. The maximum absolute atomic E-state index is 12.2. The third-order valence-electron chi connectivity index (χ3n) is 3.57. The van der Waals surface area contributed by atoms with Crippen molar-refractivity contribution in [3.8, 4) is 0 Å². The summed E-state index contributed by atoms with van der Waals surface area (Å²) in [5.41, 5.74) is 0.914. The molecule has 2 atom stereocenters. The first-order chi connectivity index (χ1) is 10.2. The molecule has 0 aliphatic carbocycles. The normalized spacial score (nSPS) is 19.0. The van der Waals surface area contributed by atoms with Crippen LogP contribution in [0.2, 0.25) is 0 Å². The first-order valence-electron chi connectivity index (χ1n) is 7.45. The zero-order valence-electron chi connectivity index (χ0n) is 12.3. The molecule has 1 aliphatic rings. The SMILES string of the molecule is CCOC(=O)C[C@@H](NC(=O)[C@H]1CCCN1)c1ccccc1. The minimum absolute atomic E-state index is 0.0503. The average molecular weight is 290 g/mol. The van der Waals surface area contributed by atoms with E-state index in [0.717, 1.165) is 24.9 Å². The average Bonchev–Trinajstić information content (AvgIpc) is 3.02. The van der Waals surface area contributed by atoms with Crippen LogP contribution in [0, 0.1) is 0 Å². The lowest BCUT2D eigenvalue weighted by molar-refractivity contribution is -0.143. The van der Waals surface area contributed by atoms with Gasteiger partial charge in [-0.2, -0.15) is 0 Å². The molecule has 1 fully saturated rings. The molecule has 0 radical (unpaired) electrons. The summed E-state index contributed by atoms with van der Waals surface area (Å²) in [6.07, 6.45) is 2.00. The van der Waals surface area contributed by atoms with Gasteiger partial charge in [0.1, 0.15) is 0 Å². The van der Waals surface area contributed by atoms with Gasteiger partial charge in [0.2, 0.25) is 5.91 Å². The van der Waals surface area contributed by atoms with E-state index in [1.54, 1.807) is 6.92 Å². The smallest absolute Gasteiger partial charge is 0.308 e. The maximum Gasteiger partial charge on any atom is 0.308 e. The fourth-order valence-electron chi connectivity index (χ4n) is 2.50. The fourth-order valence-corrected chi connectivity index (χ4v) is 2.50. The summed E-state index contributed by atoms with van der Waals surface area (Å²) in [7, 11) is 0. The van der Waals surface area contributed by atoms with Crippen molar-refractivity contribution in [2.45, 2.75) is 38.3 Å². The lowest BCUT2D eigenvalue weighted by atomic mass is 10.0. The van der Waals surface area contributed by atoms with E-state index >= 15 is 0 Å². The molecule has 5 heteroatoms. The van der Waals surface area contributed by atoms with Gasteiger partial charge in [0.05, 0.1) is 25.1 Å². The van der Waals surface area contributed by atoms with Crippen LogP contribution in [0.3, 0.4) is 0 Å². The third-order valence-corrected chi connectivity index (χ3v) is 3.57. The topological polar surface area (TPSA) is 67.4 Å². The number of amides is 1. The number of rotatable bonds is 6. The highest BCUT2D eigenvalue weighted by Gasteiger charge is 2.26. The van der Waals surface area contributed by atoms with E-state index < -0.39 is 0 Å². The van der Waals surface area contributed by atoms with Gasteiger partial charge in [0.25, 0.3) is 0 Å².